The molecule has 0 bridgehead atoms. The van der Waals surface area contributed by atoms with E-state index in [-0.39, 0.29) is 6.09 Å². The summed E-state index contributed by atoms with van der Waals surface area (Å²) in [6, 6.07) is 0.382. The van der Waals surface area contributed by atoms with Crippen LogP contribution in [-0.4, -0.2) is 42.3 Å². The highest BCUT2D eigenvalue weighted by molar-refractivity contribution is 5.69. The highest BCUT2D eigenvalue weighted by atomic mass is 16.6. The molecule has 18 heavy (non-hydrogen) atoms. The third-order valence-electron chi connectivity index (χ3n) is 3.81. The molecule has 2 fully saturated rings. The van der Waals surface area contributed by atoms with Gasteiger partial charge in [-0.25, -0.2) is 4.79 Å². The van der Waals surface area contributed by atoms with Gasteiger partial charge in [-0.1, -0.05) is 0 Å². The van der Waals surface area contributed by atoms with Crippen LogP contribution in [0.3, 0.4) is 0 Å². The first-order valence-electron chi connectivity index (χ1n) is 7.18. The Kier molecular flexibility index (Phi) is 4.15. The molecule has 0 aromatic carbocycles. The zero-order valence-corrected chi connectivity index (χ0v) is 11.9. The lowest BCUT2D eigenvalue weighted by molar-refractivity contribution is 0.0164. The van der Waals surface area contributed by atoms with Crippen LogP contribution in [-0.2, 0) is 4.74 Å². The van der Waals surface area contributed by atoms with E-state index >= 15 is 0 Å². The topological polar surface area (TPSA) is 41.6 Å². The zero-order chi connectivity index (χ0) is 13.2. The summed E-state index contributed by atoms with van der Waals surface area (Å²) in [5.41, 5.74) is -0.394. The fourth-order valence-corrected chi connectivity index (χ4v) is 3.04. The van der Waals surface area contributed by atoms with Gasteiger partial charge < -0.3 is 15.0 Å². The van der Waals surface area contributed by atoms with Crippen molar-refractivity contribution in [1.29, 1.82) is 0 Å². The van der Waals surface area contributed by atoms with Gasteiger partial charge in [0.05, 0.1) is 0 Å². The summed E-state index contributed by atoms with van der Waals surface area (Å²) in [5, 5.41) is 3.44. The van der Waals surface area contributed by atoms with E-state index in [0.29, 0.717) is 12.0 Å². The number of hydrogen-bond acceptors (Lipinski definition) is 3. The molecule has 2 aliphatic heterocycles. The van der Waals surface area contributed by atoms with Gasteiger partial charge in [0.1, 0.15) is 5.60 Å². The highest BCUT2D eigenvalue weighted by Gasteiger charge is 2.37. The summed E-state index contributed by atoms with van der Waals surface area (Å²) in [5.74, 6) is 0.605. The molecule has 2 atom stereocenters. The van der Waals surface area contributed by atoms with Crippen LogP contribution >= 0.6 is 0 Å². The van der Waals surface area contributed by atoms with Gasteiger partial charge in [-0.05, 0) is 65.5 Å². The fourth-order valence-electron chi connectivity index (χ4n) is 3.04. The van der Waals surface area contributed by atoms with Crippen molar-refractivity contribution in [2.45, 2.75) is 58.1 Å². The molecular weight excluding hydrogens is 228 g/mol. The monoisotopic (exact) mass is 254 g/mol. The fraction of sp³-hybridized carbons (Fsp3) is 0.929. The molecule has 4 heteroatoms. The molecule has 0 unspecified atom stereocenters. The Morgan fingerprint density at radius 1 is 1.28 bits per heavy atom. The van der Waals surface area contributed by atoms with Crippen molar-refractivity contribution < 1.29 is 9.53 Å². The van der Waals surface area contributed by atoms with E-state index in [1.165, 1.54) is 12.8 Å². The van der Waals surface area contributed by atoms with E-state index in [4.69, 9.17) is 4.74 Å². The van der Waals surface area contributed by atoms with Gasteiger partial charge in [0, 0.05) is 12.6 Å². The molecule has 2 rings (SSSR count). The maximum absolute atomic E-state index is 12.2. The van der Waals surface area contributed by atoms with Crippen LogP contribution in [0.1, 0.15) is 46.5 Å². The zero-order valence-electron chi connectivity index (χ0n) is 11.9. The van der Waals surface area contributed by atoms with Crippen molar-refractivity contribution in [2.24, 2.45) is 5.92 Å². The van der Waals surface area contributed by atoms with Gasteiger partial charge >= 0.3 is 6.09 Å². The number of rotatable bonds is 1. The second kappa shape index (κ2) is 5.47. The van der Waals surface area contributed by atoms with Gasteiger partial charge in [-0.15, -0.1) is 0 Å². The lowest BCUT2D eigenvalue weighted by atomic mass is 9.90. The van der Waals surface area contributed by atoms with Crippen LogP contribution in [0.4, 0.5) is 4.79 Å². The molecule has 4 nitrogen and oxygen atoms in total. The third kappa shape index (κ3) is 3.37. The normalized spacial score (nSPS) is 29.4. The average Bonchev–Trinajstić information content (AvgIpc) is 2.76. The van der Waals surface area contributed by atoms with Gasteiger partial charge in [0.15, 0.2) is 0 Å². The van der Waals surface area contributed by atoms with Crippen molar-refractivity contribution in [3.8, 4) is 0 Å². The Labute approximate surface area is 110 Å². The van der Waals surface area contributed by atoms with Crippen LogP contribution < -0.4 is 5.32 Å². The molecule has 0 aromatic rings. The number of likely N-dealkylation sites (tertiary alicyclic amines) is 1. The van der Waals surface area contributed by atoms with Crippen molar-refractivity contribution in [3.05, 3.63) is 0 Å². The highest BCUT2D eigenvalue weighted by Crippen LogP contribution is 2.29. The van der Waals surface area contributed by atoms with Crippen LogP contribution in [0, 0.1) is 5.92 Å². The molecule has 0 aromatic heterocycles. The number of nitrogens with zero attached hydrogens (tertiary/aromatic N) is 1. The molecule has 0 aliphatic carbocycles. The average molecular weight is 254 g/mol. The quantitative estimate of drug-likeness (QED) is 0.781. The molecule has 2 aliphatic rings. The number of carbonyl (C=O) groups excluding carboxylic acids is 1. The molecule has 104 valence electrons. The molecule has 2 saturated heterocycles. The lowest BCUT2D eigenvalue weighted by Gasteiger charge is -2.35. The van der Waals surface area contributed by atoms with E-state index in [1.807, 2.05) is 25.7 Å². The van der Waals surface area contributed by atoms with Gasteiger partial charge in [-0.3, -0.25) is 0 Å². The van der Waals surface area contributed by atoms with E-state index in [2.05, 4.69) is 5.32 Å². The minimum absolute atomic E-state index is 0.129. The second-order valence-electron chi connectivity index (χ2n) is 6.49. The van der Waals surface area contributed by atoms with Crippen LogP contribution in [0.5, 0.6) is 0 Å². The summed E-state index contributed by atoms with van der Waals surface area (Å²) < 4.78 is 5.51. The summed E-state index contributed by atoms with van der Waals surface area (Å²) in [6.45, 7) is 8.81. The molecule has 0 saturated carbocycles. The maximum atomic E-state index is 12.2. The lowest BCUT2D eigenvalue weighted by Crippen LogP contribution is -2.47. The van der Waals surface area contributed by atoms with Crippen molar-refractivity contribution in [2.75, 3.05) is 19.6 Å². The van der Waals surface area contributed by atoms with Gasteiger partial charge in [0.2, 0.25) is 0 Å². The Balaban J connectivity index is 1.96. The van der Waals surface area contributed by atoms with Crippen molar-refractivity contribution in [1.82, 2.24) is 10.2 Å². The maximum Gasteiger partial charge on any atom is 0.410 e. The minimum Gasteiger partial charge on any atom is -0.444 e. The summed E-state index contributed by atoms with van der Waals surface area (Å²) in [6.07, 6.45) is 4.57. The van der Waals surface area contributed by atoms with Crippen LogP contribution in [0.25, 0.3) is 0 Å². The number of hydrogen-bond donors (Lipinski definition) is 1. The minimum atomic E-state index is -0.394. The Morgan fingerprint density at radius 2 is 2.06 bits per heavy atom. The Bertz CT molecular complexity index is 293. The standard InChI is InChI=1S/C14H26N2O2/c1-14(2,3)18-13(17)16-9-5-7-12(16)11-6-4-8-15-10-11/h11-12,15H,4-10H2,1-3H3/t11-,12-/m1/s1. The molecule has 0 radical (unpaired) electrons. The number of nitrogens with one attached hydrogen (secondary N) is 1. The molecule has 2 heterocycles. The predicted octanol–water partition coefficient (Wildman–Crippen LogP) is 2.39. The van der Waals surface area contributed by atoms with E-state index in [9.17, 15) is 4.79 Å². The van der Waals surface area contributed by atoms with E-state index in [0.717, 1.165) is 32.5 Å². The summed E-state index contributed by atoms with van der Waals surface area (Å²) in [4.78, 5) is 14.2. The molecule has 1 N–H and O–H groups in total. The number of carbonyl (C=O) groups is 1. The SMILES string of the molecule is CC(C)(C)OC(=O)N1CCC[C@@H]1[C@@H]1CCCNC1. The Hall–Kier alpha value is -0.770. The first kappa shape index (κ1) is 13.7. The first-order valence-corrected chi connectivity index (χ1v) is 7.18. The number of piperidine rings is 1. The number of amides is 1. The summed E-state index contributed by atoms with van der Waals surface area (Å²) in [7, 11) is 0. The molecule has 1 amide bonds. The molecular formula is C14H26N2O2. The van der Waals surface area contributed by atoms with Crippen LogP contribution in [0.15, 0.2) is 0 Å². The third-order valence-corrected chi connectivity index (χ3v) is 3.81. The van der Waals surface area contributed by atoms with E-state index < -0.39 is 5.60 Å². The first-order chi connectivity index (χ1) is 8.47. The smallest absolute Gasteiger partial charge is 0.410 e. The Morgan fingerprint density at radius 3 is 2.67 bits per heavy atom. The van der Waals surface area contributed by atoms with Gasteiger partial charge in [0.25, 0.3) is 0 Å². The summed E-state index contributed by atoms with van der Waals surface area (Å²) >= 11 is 0. The van der Waals surface area contributed by atoms with Crippen molar-refractivity contribution in [3.63, 3.8) is 0 Å². The van der Waals surface area contributed by atoms with Gasteiger partial charge in [-0.2, -0.15) is 0 Å². The number of ether oxygens (including phenoxy) is 1. The van der Waals surface area contributed by atoms with Crippen molar-refractivity contribution >= 4 is 6.09 Å². The second-order valence-corrected chi connectivity index (χ2v) is 6.49. The largest absolute Gasteiger partial charge is 0.444 e. The van der Waals surface area contributed by atoms with E-state index in [1.54, 1.807) is 0 Å². The molecule has 0 spiro atoms. The predicted molar refractivity (Wildman–Crippen MR) is 71.6 cm³/mol. The van der Waals surface area contributed by atoms with Crippen LogP contribution in [0.2, 0.25) is 0 Å².